The summed E-state index contributed by atoms with van der Waals surface area (Å²) in [7, 11) is 0. The van der Waals surface area contributed by atoms with E-state index in [1.54, 1.807) is 6.92 Å². The van der Waals surface area contributed by atoms with Crippen LogP contribution in [0.15, 0.2) is 48.5 Å². The molecule has 3 aromatic rings. The van der Waals surface area contributed by atoms with E-state index in [-0.39, 0.29) is 0 Å². The number of aliphatic hydroxyl groups excluding tert-OH is 1. The average molecular weight is 278 g/mol. The molecule has 0 aliphatic heterocycles. The number of benzene rings is 3. The Bertz CT molecular complexity index is 849. The predicted octanol–water partition coefficient (Wildman–Crippen LogP) is 3.51. The molecule has 2 heteroatoms. The van der Waals surface area contributed by atoms with Crippen LogP contribution in [-0.4, -0.2) is 16.3 Å². The Morgan fingerprint density at radius 3 is 2.48 bits per heavy atom. The van der Waals surface area contributed by atoms with Gasteiger partial charge < -0.3 is 10.2 Å². The van der Waals surface area contributed by atoms with Gasteiger partial charge in [0.1, 0.15) is 5.60 Å². The number of hydrogen-bond donors (Lipinski definition) is 2. The molecule has 4 rings (SSSR count). The van der Waals surface area contributed by atoms with Crippen LogP contribution in [-0.2, 0) is 12.0 Å². The van der Waals surface area contributed by atoms with E-state index < -0.39 is 11.7 Å². The van der Waals surface area contributed by atoms with Crippen molar-refractivity contribution < 1.29 is 10.2 Å². The van der Waals surface area contributed by atoms with E-state index in [1.807, 2.05) is 24.3 Å². The Hall–Kier alpha value is -1.90. The Kier molecular flexibility index (Phi) is 2.62. The maximum atomic E-state index is 10.6. The molecular formula is C19H18O2. The van der Waals surface area contributed by atoms with Crippen LogP contribution in [0.3, 0.4) is 0 Å². The van der Waals surface area contributed by atoms with E-state index in [4.69, 9.17) is 0 Å². The van der Waals surface area contributed by atoms with Crippen molar-refractivity contribution in [2.45, 2.75) is 31.5 Å². The van der Waals surface area contributed by atoms with E-state index in [1.165, 1.54) is 27.1 Å². The van der Waals surface area contributed by atoms with Crippen LogP contribution < -0.4 is 0 Å². The highest BCUT2D eigenvalue weighted by atomic mass is 16.3. The third-order valence-corrected chi connectivity index (χ3v) is 4.86. The lowest BCUT2D eigenvalue weighted by Gasteiger charge is -2.36. The standard InChI is InChI=1S/C19H18O2/c1-19(21)17-8-6-14-10-12-4-2-3-5-13(12)11-16(14)15(17)7-9-18(19)20/h2-6,8,10-11,18,20-21H,7,9H2,1H3. The van der Waals surface area contributed by atoms with Crippen molar-refractivity contribution in [1.82, 2.24) is 0 Å². The quantitative estimate of drug-likeness (QED) is 0.618. The third-order valence-electron chi connectivity index (χ3n) is 4.86. The smallest absolute Gasteiger partial charge is 0.113 e. The monoisotopic (exact) mass is 278 g/mol. The van der Waals surface area contributed by atoms with Crippen molar-refractivity contribution >= 4 is 21.5 Å². The van der Waals surface area contributed by atoms with Gasteiger partial charge in [-0.3, -0.25) is 0 Å². The fourth-order valence-corrected chi connectivity index (χ4v) is 3.56. The third kappa shape index (κ3) is 1.80. The lowest BCUT2D eigenvalue weighted by Crippen LogP contribution is -2.40. The van der Waals surface area contributed by atoms with Crippen LogP contribution in [0, 0.1) is 0 Å². The molecule has 1 aliphatic carbocycles. The van der Waals surface area contributed by atoms with Gasteiger partial charge in [-0.05, 0) is 64.6 Å². The topological polar surface area (TPSA) is 40.5 Å². The minimum absolute atomic E-state index is 0.603. The minimum atomic E-state index is -1.16. The molecule has 2 nitrogen and oxygen atoms in total. The van der Waals surface area contributed by atoms with Gasteiger partial charge in [-0.25, -0.2) is 0 Å². The molecule has 0 heterocycles. The average Bonchev–Trinajstić information content (AvgIpc) is 2.48. The van der Waals surface area contributed by atoms with Crippen molar-refractivity contribution in [3.8, 4) is 0 Å². The van der Waals surface area contributed by atoms with Crippen LogP contribution in [0.25, 0.3) is 21.5 Å². The summed E-state index contributed by atoms with van der Waals surface area (Å²) in [5.41, 5.74) is 0.880. The summed E-state index contributed by atoms with van der Waals surface area (Å²) in [6.07, 6.45) is 0.719. The van der Waals surface area contributed by atoms with Gasteiger partial charge in [0.25, 0.3) is 0 Å². The Morgan fingerprint density at radius 1 is 1.00 bits per heavy atom. The summed E-state index contributed by atoms with van der Waals surface area (Å²) in [5, 5.41) is 25.5. The van der Waals surface area contributed by atoms with Gasteiger partial charge in [0, 0.05) is 0 Å². The number of aryl methyl sites for hydroxylation is 1. The molecule has 0 saturated carbocycles. The molecule has 0 radical (unpaired) electrons. The van der Waals surface area contributed by atoms with Gasteiger partial charge in [0.15, 0.2) is 0 Å². The molecule has 0 aromatic heterocycles. The summed E-state index contributed by atoms with van der Waals surface area (Å²) < 4.78 is 0. The molecule has 1 aliphatic rings. The van der Waals surface area contributed by atoms with Gasteiger partial charge in [0.05, 0.1) is 6.10 Å². The van der Waals surface area contributed by atoms with E-state index in [2.05, 4.69) is 24.3 Å². The second-order valence-electron chi connectivity index (χ2n) is 6.21. The van der Waals surface area contributed by atoms with Crippen LogP contribution in [0.1, 0.15) is 24.5 Å². The van der Waals surface area contributed by atoms with E-state index in [0.717, 1.165) is 12.0 Å². The molecular weight excluding hydrogens is 260 g/mol. The zero-order valence-electron chi connectivity index (χ0n) is 12.0. The SMILES string of the molecule is CC1(O)c2ccc3cc4ccccc4cc3c2CCC1O. The van der Waals surface area contributed by atoms with Gasteiger partial charge in [-0.15, -0.1) is 0 Å². The van der Waals surface area contributed by atoms with Crippen molar-refractivity contribution in [1.29, 1.82) is 0 Å². The van der Waals surface area contributed by atoms with E-state index in [0.29, 0.717) is 6.42 Å². The maximum Gasteiger partial charge on any atom is 0.113 e. The van der Waals surface area contributed by atoms with Crippen molar-refractivity contribution in [2.75, 3.05) is 0 Å². The van der Waals surface area contributed by atoms with Gasteiger partial charge in [0.2, 0.25) is 0 Å². The van der Waals surface area contributed by atoms with E-state index >= 15 is 0 Å². The molecule has 2 atom stereocenters. The van der Waals surface area contributed by atoms with Crippen LogP contribution >= 0.6 is 0 Å². The Morgan fingerprint density at radius 2 is 1.71 bits per heavy atom. The summed E-state index contributed by atoms with van der Waals surface area (Å²) in [4.78, 5) is 0. The maximum absolute atomic E-state index is 10.6. The lowest BCUT2D eigenvalue weighted by molar-refractivity contribution is -0.0763. The van der Waals surface area contributed by atoms with Crippen LogP contribution in [0.2, 0.25) is 0 Å². The van der Waals surface area contributed by atoms with Gasteiger partial charge >= 0.3 is 0 Å². The molecule has 106 valence electrons. The minimum Gasteiger partial charge on any atom is -0.390 e. The van der Waals surface area contributed by atoms with Crippen LogP contribution in [0.5, 0.6) is 0 Å². The number of hydrogen-bond acceptors (Lipinski definition) is 2. The second kappa shape index (κ2) is 4.30. The largest absolute Gasteiger partial charge is 0.390 e. The molecule has 21 heavy (non-hydrogen) atoms. The summed E-state index contributed by atoms with van der Waals surface area (Å²) in [5.74, 6) is 0. The zero-order valence-corrected chi connectivity index (χ0v) is 12.0. The molecule has 3 aromatic carbocycles. The fraction of sp³-hybridized carbons (Fsp3) is 0.263. The van der Waals surface area contributed by atoms with Crippen molar-refractivity contribution in [2.24, 2.45) is 0 Å². The number of aliphatic hydroxyl groups is 2. The number of rotatable bonds is 0. The molecule has 0 bridgehead atoms. The fourth-order valence-electron chi connectivity index (χ4n) is 3.56. The molecule has 0 fully saturated rings. The van der Waals surface area contributed by atoms with E-state index in [9.17, 15) is 10.2 Å². The second-order valence-corrected chi connectivity index (χ2v) is 6.21. The zero-order chi connectivity index (χ0) is 14.6. The molecule has 0 amide bonds. The van der Waals surface area contributed by atoms with Gasteiger partial charge in [-0.1, -0.05) is 36.4 Å². The molecule has 2 unspecified atom stereocenters. The van der Waals surface area contributed by atoms with Crippen LogP contribution in [0.4, 0.5) is 0 Å². The predicted molar refractivity (Wildman–Crippen MR) is 85.4 cm³/mol. The Balaban J connectivity index is 2.07. The highest BCUT2D eigenvalue weighted by Crippen LogP contribution is 2.39. The first-order valence-corrected chi connectivity index (χ1v) is 7.43. The normalized spacial score (nSPS) is 25.2. The molecule has 0 saturated heterocycles. The first kappa shape index (κ1) is 12.8. The summed E-state index contributed by atoms with van der Waals surface area (Å²) >= 11 is 0. The first-order chi connectivity index (χ1) is 10.1. The lowest BCUT2D eigenvalue weighted by atomic mass is 9.76. The van der Waals surface area contributed by atoms with Crippen molar-refractivity contribution in [3.63, 3.8) is 0 Å². The van der Waals surface area contributed by atoms with Gasteiger partial charge in [-0.2, -0.15) is 0 Å². The number of fused-ring (bicyclic) bond motifs is 4. The molecule has 0 spiro atoms. The van der Waals surface area contributed by atoms with Crippen molar-refractivity contribution in [3.05, 3.63) is 59.7 Å². The highest BCUT2D eigenvalue weighted by molar-refractivity contribution is 6.00. The summed E-state index contributed by atoms with van der Waals surface area (Å²) in [6.45, 7) is 1.71. The first-order valence-electron chi connectivity index (χ1n) is 7.43. The highest BCUT2D eigenvalue weighted by Gasteiger charge is 2.38. The summed E-state index contributed by atoms with van der Waals surface area (Å²) in [6, 6.07) is 16.7. The Labute approximate surface area is 123 Å². The molecule has 2 N–H and O–H groups in total.